The second-order valence-electron chi connectivity index (χ2n) is 9.40. The van der Waals surface area contributed by atoms with Crippen LogP contribution in [-0.4, -0.2) is 45.8 Å². The van der Waals surface area contributed by atoms with Crippen molar-refractivity contribution < 1.29 is 4.74 Å². The van der Waals surface area contributed by atoms with Crippen LogP contribution >= 0.6 is 35.4 Å². The molecule has 1 N–H and O–H groups in total. The van der Waals surface area contributed by atoms with Crippen molar-refractivity contribution in [1.82, 2.24) is 19.4 Å². The first-order valence-electron chi connectivity index (χ1n) is 12.9. The van der Waals surface area contributed by atoms with Gasteiger partial charge in [0.25, 0.3) is 0 Å². The molecule has 0 bridgehead atoms. The van der Waals surface area contributed by atoms with Crippen LogP contribution < -0.4 is 10.1 Å². The number of halogens is 2. The second-order valence-corrected chi connectivity index (χ2v) is 10.6. The monoisotopic (exact) mass is 580 g/mol. The number of para-hydroxylation sites is 2. The van der Waals surface area contributed by atoms with Crippen LogP contribution in [0.2, 0.25) is 10.0 Å². The summed E-state index contributed by atoms with van der Waals surface area (Å²) in [7, 11) is 1.65. The molecule has 202 valence electrons. The highest BCUT2D eigenvalue weighted by Crippen LogP contribution is 2.34. The van der Waals surface area contributed by atoms with Crippen molar-refractivity contribution >= 4 is 53.0 Å². The van der Waals surface area contributed by atoms with E-state index >= 15 is 0 Å². The van der Waals surface area contributed by atoms with Gasteiger partial charge >= 0.3 is 0 Å². The van der Waals surface area contributed by atoms with Gasteiger partial charge in [0.05, 0.1) is 35.7 Å². The van der Waals surface area contributed by atoms with Crippen LogP contribution in [0.3, 0.4) is 0 Å². The van der Waals surface area contributed by atoms with E-state index in [4.69, 9.17) is 50.4 Å². The first-order valence-corrected chi connectivity index (χ1v) is 14.1. The maximum atomic E-state index is 6.44. The molecule has 0 amide bonds. The van der Waals surface area contributed by atoms with E-state index in [2.05, 4.69) is 16.3 Å². The van der Waals surface area contributed by atoms with Crippen LogP contribution in [0.25, 0.3) is 0 Å². The molecule has 10 heteroatoms. The zero-order chi connectivity index (χ0) is 27.2. The van der Waals surface area contributed by atoms with Crippen molar-refractivity contribution in [3.63, 3.8) is 0 Å². The molecule has 0 radical (unpaired) electrons. The molecule has 3 aromatic carbocycles. The van der Waals surface area contributed by atoms with E-state index in [1.165, 1.54) is 19.3 Å². The quantitative estimate of drug-likeness (QED) is 0.165. The molecular formula is C29H30Cl2N6OS. The zero-order valence-electron chi connectivity index (χ0n) is 21.7. The van der Waals surface area contributed by atoms with Gasteiger partial charge < -0.3 is 10.1 Å². The molecule has 0 aliphatic carbocycles. The molecule has 2 heterocycles. The van der Waals surface area contributed by atoms with Gasteiger partial charge in [0.1, 0.15) is 5.75 Å². The smallest absolute Gasteiger partial charge is 0.220 e. The van der Waals surface area contributed by atoms with Gasteiger partial charge in [-0.2, -0.15) is 14.9 Å². The zero-order valence-corrected chi connectivity index (χ0v) is 24.0. The standard InChI is InChI=1S/C29H30Cl2N6OS/c1-38-23-14-12-21(13-15-23)19-32-37-27(34-36(29(37)39)20-35-16-5-2-6-17-35)18-22-8-3-4-11-26(22)33-28-24(30)9-7-10-25(28)31/h3-4,7-15,19,33H,2,5-6,16-18,20H2,1H3/b32-19+. The summed E-state index contributed by atoms with van der Waals surface area (Å²) in [6, 6.07) is 21.2. The summed E-state index contributed by atoms with van der Waals surface area (Å²) in [5, 5.41) is 14.2. The summed E-state index contributed by atoms with van der Waals surface area (Å²) in [5.41, 5.74) is 3.50. The average molecular weight is 582 g/mol. The summed E-state index contributed by atoms with van der Waals surface area (Å²) in [5.74, 6) is 1.53. The van der Waals surface area contributed by atoms with Gasteiger partial charge in [-0.25, -0.2) is 4.68 Å². The summed E-state index contributed by atoms with van der Waals surface area (Å²) in [6.45, 7) is 2.74. The Morgan fingerprint density at radius 2 is 1.69 bits per heavy atom. The summed E-state index contributed by atoms with van der Waals surface area (Å²) in [6.07, 6.45) is 5.95. The molecule has 4 aromatic rings. The molecule has 0 saturated carbocycles. The number of ether oxygens (including phenoxy) is 1. The number of anilines is 2. The third-order valence-corrected chi connectivity index (χ3v) is 7.71. The van der Waals surface area contributed by atoms with E-state index in [-0.39, 0.29) is 0 Å². The van der Waals surface area contributed by atoms with Crippen LogP contribution in [-0.2, 0) is 13.1 Å². The topological polar surface area (TPSA) is 59.6 Å². The van der Waals surface area contributed by atoms with Crippen LogP contribution in [0.5, 0.6) is 5.75 Å². The molecule has 0 spiro atoms. The fourth-order valence-corrected chi connectivity index (χ4v) is 5.33. The molecule has 1 fully saturated rings. The average Bonchev–Trinajstić information content (AvgIpc) is 3.24. The van der Waals surface area contributed by atoms with Gasteiger partial charge in [0.15, 0.2) is 5.82 Å². The van der Waals surface area contributed by atoms with Crippen LogP contribution in [0.1, 0.15) is 36.2 Å². The largest absolute Gasteiger partial charge is 0.497 e. The van der Waals surface area contributed by atoms with E-state index in [0.29, 0.717) is 33.6 Å². The molecular weight excluding hydrogens is 551 g/mol. The Morgan fingerprint density at radius 3 is 2.41 bits per heavy atom. The predicted molar refractivity (Wildman–Crippen MR) is 161 cm³/mol. The molecule has 5 rings (SSSR count). The summed E-state index contributed by atoms with van der Waals surface area (Å²) < 4.78 is 9.46. The fourth-order valence-electron chi connectivity index (χ4n) is 4.59. The molecule has 1 aliphatic heterocycles. The van der Waals surface area contributed by atoms with Crippen LogP contribution in [0.15, 0.2) is 71.8 Å². The minimum Gasteiger partial charge on any atom is -0.497 e. The molecule has 0 atom stereocenters. The third-order valence-electron chi connectivity index (χ3n) is 6.69. The number of hydrogen-bond acceptors (Lipinski definition) is 6. The van der Waals surface area contributed by atoms with E-state index in [1.807, 2.05) is 65.3 Å². The van der Waals surface area contributed by atoms with Gasteiger partial charge in [-0.3, -0.25) is 4.90 Å². The van der Waals surface area contributed by atoms with Crippen molar-refractivity contribution in [2.24, 2.45) is 5.10 Å². The second kappa shape index (κ2) is 12.8. The van der Waals surface area contributed by atoms with Crippen molar-refractivity contribution in [2.45, 2.75) is 32.4 Å². The lowest BCUT2D eigenvalue weighted by molar-refractivity contribution is 0.172. The number of nitrogens with one attached hydrogen (secondary N) is 1. The Bertz CT molecular complexity index is 1490. The lowest BCUT2D eigenvalue weighted by Crippen LogP contribution is -2.32. The fraction of sp³-hybridized carbons (Fsp3) is 0.276. The highest BCUT2D eigenvalue weighted by molar-refractivity contribution is 7.71. The molecule has 0 unspecified atom stereocenters. The Morgan fingerprint density at radius 1 is 0.974 bits per heavy atom. The maximum Gasteiger partial charge on any atom is 0.220 e. The number of benzene rings is 3. The lowest BCUT2D eigenvalue weighted by Gasteiger charge is -2.25. The van der Waals surface area contributed by atoms with Crippen molar-refractivity contribution in [3.05, 3.63) is 98.5 Å². The summed E-state index contributed by atoms with van der Waals surface area (Å²) >= 11 is 18.8. The van der Waals surface area contributed by atoms with E-state index < -0.39 is 0 Å². The number of nitrogens with zero attached hydrogens (tertiary/aromatic N) is 5. The van der Waals surface area contributed by atoms with E-state index in [0.717, 1.165) is 41.5 Å². The lowest BCUT2D eigenvalue weighted by atomic mass is 10.1. The highest BCUT2D eigenvalue weighted by Gasteiger charge is 2.17. The number of likely N-dealkylation sites (tertiary alicyclic amines) is 1. The first-order chi connectivity index (χ1) is 19.0. The minimum atomic E-state index is 0.502. The molecule has 7 nitrogen and oxygen atoms in total. The highest BCUT2D eigenvalue weighted by atomic mass is 35.5. The Kier molecular flexibility index (Phi) is 8.98. The first kappa shape index (κ1) is 27.4. The molecule has 1 aliphatic rings. The summed E-state index contributed by atoms with van der Waals surface area (Å²) in [4.78, 5) is 2.39. The van der Waals surface area contributed by atoms with E-state index in [9.17, 15) is 0 Å². The normalized spacial score (nSPS) is 14.1. The van der Waals surface area contributed by atoms with Gasteiger partial charge in [0, 0.05) is 12.1 Å². The Labute approximate surface area is 243 Å². The van der Waals surface area contributed by atoms with Crippen molar-refractivity contribution in [2.75, 3.05) is 25.5 Å². The molecule has 39 heavy (non-hydrogen) atoms. The number of hydrogen-bond donors (Lipinski definition) is 1. The van der Waals surface area contributed by atoms with Crippen molar-refractivity contribution in [3.8, 4) is 5.75 Å². The number of aromatic nitrogens is 3. The van der Waals surface area contributed by atoms with Gasteiger partial charge in [-0.15, -0.1) is 0 Å². The number of piperidine rings is 1. The SMILES string of the molecule is COc1ccc(/C=N/n2c(Cc3ccccc3Nc3c(Cl)cccc3Cl)nn(CN3CCCCC3)c2=S)cc1. The molecule has 1 aromatic heterocycles. The van der Waals surface area contributed by atoms with E-state index in [1.54, 1.807) is 18.0 Å². The minimum absolute atomic E-state index is 0.502. The number of rotatable bonds is 9. The maximum absolute atomic E-state index is 6.44. The number of methoxy groups -OCH3 is 1. The Hall–Kier alpha value is -3.17. The third kappa shape index (κ3) is 6.70. The van der Waals surface area contributed by atoms with Gasteiger partial charge in [-0.1, -0.05) is 53.9 Å². The molecule has 1 saturated heterocycles. The predicted octanol–water partition coefficient (Wildman–Crippen LogP) is 7.39. The van der Waals surface area contributed by atoms with Crippen LogP contribution in [0, 0.1) is 4.77 Å². The van der Waals surface area contributed by atoms with Gasteiger partial charge in [0.2, 0.25) is 4.77 Å². The van der Waals surface area contributed by atoms with Gasteiger partial charge in [-0.05, 0) is 91.7 Å². The van der Waals surface area contributed by atoms with Crippen LogP contribution in [0.4, 0.5) is 11.4 Å². The Balaban J connectivity index is 1.48. The van der Waals surface area contributed by atoms with Crippen molar-refractivity contribution in [1.29, 1.82) is 0 Å².